The topological polar surface area (TPSA) is 60.9 Å². The molecule has 0 unspecified atom stereocenters. The summed E-state index contributed by atoms with van der Waals surface area (Å²) in [6.07, 6.45) is 0.00126. The maximum Gasteiger partial charge on any atom is 0.412 e. The molecule has 1 saturated heterocycles. The number of hydrogen-bond acceptors (Lipinski definition) is 6. The molecular weight excluding hydrogens is 416 g/mol. The number of carbonyl (C=O) groups is 1. The number of aromatic nitrogens is 1. The average Bonchev–Trinajstić information content (AvgIpc) is 3.03. The quantitative estimate of drug-likeness (QED) is 0.527. The molecule has 6 nitrogen and oxygen atoms in total. The fourth-order valence-corrected chi connectivity index (χ4v) is 4.97. The van der Waals surface area contributed by atoms with Crippen LogP contribution in [-0.2, 0) is 20.3 Å². The standard InChI is InChI=1S/C22H40N2O4SSi/c1-15-23-16(14-29-15)12-17-18(13-26-30(10,11)21(5,6)7)27-22(8,9)24(17)19(25)28-20(2,3)4/h14,17-18H,12-13H2,1-11H3/t17-,18+/m0/s1. The van der Waals surface area contributed by atoms with E-state index in [1.807, 2.05) is 41.5 Å². The average molecular weight is 457 g/mol. The van der Waals surface area contributed by atoms with E-state index in [1.165, 1.54) is 0 Å². The molecule has 172 valence electrons. The second kappa shape index (κ2) is 8.52. The second-order valence-corrected chi connectivity index (χ2v) is 17.0. The summed E-state index contributed by atoms with van der Waals surface area (Å²) in [5, 5.41) is 3.17. The zero-order valence-corrected chi connectivity index (χ0v) is 22.4. The third-order valence-electron chi connectivity index (χ3n) is 5.87. The molecule has 1 aliphatic heterocycles. The van der Waals surface area contributed by atoms with Crippen molar-refractivity contribution in [3.8, 4) is 0 Å². The number of carbonyl (C=O) groups excluding carboxylic acids is 1. The molecule has 0 radical (unpaired) electrons. The highest BCUT2D eigenvalue weighted by molar-refractivity contribution is 7.09. The van der Waals surface area contributed by atoms with E-state index in [4.69, 9.17) is 13.9 Å². The molecule has 0 aliphatic carbocycles. The van der Waals surface area contributed by atoms with Crippen LogP contribution in [0.2, 0.25) is 18.1 Å². The van der Waals surface area contributed by atoms with Crippen molar-refractivity contribution in [3.63, 3.8) is 0 Å². The lowest BCUT2D eigenvalue weighted by Gasteiger charge is -2.37. The van der Waals surface area contributed by atoms with Crippen molar-refractivity contribution in [2.75, 3.05) is 6.61 Å². The summed E-state index contributed by atoms with van der Waals surface area (Å²) in [6, 6.07) is -0.207. The molecule has 2 heterocycles. The Bertz CT molecular complexity index is 749. The van der Waals surface area contributed by atoms with Crippen LogP contribution in [0.5, 0.6) is 0 Å². The third-order valence-corrected chi connectivity index (χ3v) is 11.2. The lowest BCUT2D eigenvalue weighted by atomic mass is 10.1. The zero-order chi connectivity index (χ0) is 23.1. The van der Waals surface area contributed by atoms with Gasteiger partial charge in [-0.15, -0.1) is 11.3 Å². The van der Waals surface area contributed by atoms with Crippen LogP contribution in [0.15, 0.2) is 5.38 Å². The normalized spacial score (nSPS) is 22.4. The predicted molar refractivity (Wildman–Crippen MR) is 125 cm³/mol. The van der Waals surface area contributed by atoms with Gasteiger partial charge in [-0.25, -0.2) is 9.78 Å². The van der Waals surface area contributed by atoms with Gasteiger partial charge in [-0.2, -0.15) is 0 Å². The Kier molecular flexibility index (Phi) is 7.19. The first-order valence-electron chi connectivity index (χ1n) is 10.7. The van der Waals surface area contributed by atoms with E-state index in [0.29, 0.717) is 13.0 Å². The van der Waals surface area contributed by atoms with Gasteiger partial charge in [-0.3, -0.25) is 4.90 Å². The van der Waals surface area contributed by atoms with Gasteiger partial charge in [0.05, 0.1) is 23.4 Å². The van der Waals surface area contributed by atoms with Crippen molar-refractivity contribution in [1.29, 1.82) is 0 Å². The minimum Gasteiger partial charge on any atom is -0.444 e. The first-order chi connectivity index (χ1) is 13.4. The highest BCUT2D eigenvalue weighted by Crippen LogP contribution is 2.39. The minimum absolute atomic E-state index is 0.105. The first-order valence-corrected chi connectivity index (χ1v) is 14.5. The van der Waals surface area contributed by atoms with Crippen molar-refractivity contribution in [2.24, 2.45) is 0 Å². The molecule has 8 heteroatoms. The number of rotatable bonds is 5. The minimum atomic E-state index is -1.95. The molecule has 0 aromatic carbocycles. The fraction of sp³-hybridized carbons (Fsp3) is 0.818. The largest absolute Gasteiger partial charge is 0.444 e. The number of aryl methyl sites for hydroxylation is 1. The summed E-state index contributed by atoms with van der Waals surface area (Å²) in [5.74, 6) is 0. The lowest BCUT2D eigenvalue weighted by molar-refractivity contribution is -0.0855. The summed E-state index contributed by atoms with van der Waals surface area (Å²) in [5.41, 5.74) is -0.404. The number of nitrogens with zero attached hydrogens (tertiary/aromatic N) is 2. The Morgan fingerprint density at radius 2 is 1.87 bits per heavy atom. The molecule has 1 aromatic heterocycles. The van der Waals surface area contributed by atoms with Crippen LogP contribution in [0.1, 0.15) is 66.1 Å². The molecule has 0 bridgehead atoms. The van der Waals surface area contributed by atoms with Crippen LogP contribution in [0, 0.1) is 6.92 Å². The fourth-order valence-electron chi connectivity index (χ4n) is 3.33. The Morgan fingerprint density at radius 1 is 1.27 bits per heavy atom. The summed E-state index contributed by atoms with van der Waals surface area (Å²) in [6.45, 7) is 23.1. The summed E-state index contributed by atoms with van der Waals surface area (Å²) in [4.78, 5) is 19.5. The van der Waals surface area contributed by atoms with Crippen molar-refractivity contribution >= 4 is 25.7 Å². The summed E-state index contributed by atoms with van der Waals surface area (Å²) >= 11 is 1.62. The number of hydrogen-bond donors (Lipinski definition) is 0. The van der Waals surface area contributed by atoms with E-state index in [0.717, 1.165) is 10.7 Å². The number of amides is 1. The van der Waals surface area contributed by atoms with E-state index in [1.54, 1.807) is 16.2 Å². The van der Waals surface area contributed by atoms with Gasteiger partial charge in [0.1, 0.15) is 17.4 Å². The molecule has 1 amide bonds. The van der Waals surface area contributed by atoms with Gasteiger partial charge in [0.25, 0.3) is 0 Å². The van der Waals surface area contributed by atoms with Gasteiger partial charge in [-0.05, 0) is 59.7 Å². The maximum atomic E-state index is 13.2. The van der Waals surface area contributed by atoms with E-state index < -0.39 is 19.6 Å². The molecule has 2 atom stereocenters. The third kappa shape index (κ3) is 6.05. The van der Waals surface area contributed by atoms with E-state index in [9.17, 15) is 4.79 Å². The van der Waals surface area contributed by atoms with E-state index >= 15 is 0 Å². The van der Waals surface area contributed by atoms with Crippen LogP contribution in [0.25, 0.3) is 0 Å². The zero-order valence-electron chi connectivity index (χ0n) is 20.6. The molecule has 1 aromatic rings. The first kappa shape index (κ1) is 25.3. The molecule has 0 spiro atoms. The monoisotopic (exact) mass is 456 g/mol. The van der Waals surface area contributed by atoms with Gasteiger partial charge >= 0.3 is 6.09 Å². The summed E-state index contributed by atoms with van der Waals surface area (Å²) in [7, 11) is -1.95. The Hall–Kier alpha value is -0.963. The van der Waals surface area contributed by atoms with Crippen LogP contribution < -0.4 is 0 Å². The molecule has 0 N–H and O–H groups in total. The second-order valence-electron chi connectivity index (χ2n) is 11.2. The molecule has 1 fully saturated rings. The van der Waals surface area contributed by atoms with Gasteiger partial charge in [-0.1, -0.05) is 20.8 Å². The van der Waals surface area contributed by atoms with E-state index in [-0.39, 0.29) is 23.3 Å². The van der Waals surface area contributed by atoms with Crippen molar-refractivity contribution < 1.29 is 18.7 Å². The van der Waals surface area contributed by atoms with Gasteiger partial charge < -0.3 is 13.9 Å². The smallest absolute Gasteiger partial charge is 0.412 e. The highest BCUT2D eigenvalue weighted by atomic mass is 32.1. The van der Waals surface area contributed by atoms with Gasteiger partial charge in [0.15, 0.2) is 8.32 Å². The van der Waals surface area contributed by atoms with Crippen molar-refractivity contribution in [1.82, 2.24) is 9.88 Å². The molecule has 2 rings (SSSR count). The van der Waals surface area contributed by atoms with Crippen LogP contribution in [0.4, 0.5) is 4.79 Å². The maximum absolute atomic E-state index is 13.2. The number of thiazole rings is 1. The van der Waals surface area contributed by atoms with Gasteiger partial charge in [0, 0.05) is 11.8 Å². The van der Waals surface area contributed by atoms with Crippen LogP contribution >= 0.6 is 11.3 Å². The predicted octanol–water partition coefficient (Wildman–Crippen LogP) is 5.76. The number of ether oxygens (including phenoxy) is 2. The highest BCUT2D eigenvalue weighted by Gasteiger charge is 2.52. The Labute approximate surface area is 187 Å². The summed E-state index contributed by atoms with van der Waals surface area (Å²) < 4.78 is 18.6. The van der Waals surface area contributed by atoms with Crippen LogP contribution in [0.3, 0.4) is 0 Å². The molecule has 1 aliphatic rings. The van der Waals surface area contributed by atoms with Crippen molar-refractivity contribution in [3.05, 3.63) is 16.1 Å². The van der Waals surface area contributed by atoms with E-state index in [2.05, 4.69) is 44.2 Å². The lowest BCUT2D eigenvalue weighted by Crippen LogP contribution is -2.51. The Balaban J connectivity index is 2.31. The Morgan fingerprint density at radius 3 is 2.33 bits per heavy atom. The molecule has 0 saturated carbocycles. The SMILES string of the molecule is Cc1nc(C[C@H]2[C@@H](CO[Si](C)(C)C(C)(C)C)OC(C)(C)N2C(=O)OC(C)(C)C)cs1. The molecular formula is C22H40N2O4SSi. The van der Waals surface area contributed by atoms with Crippen LogP contribution in [-0.4, -0.2) is 54.4 Å². The van der Waals surface area contributed by atoms with Crippen molar-refractivity contribution in [2.45, 2.75) is 110 Å². The van der Waals surface area contributed by atoms with Gasteiger partial charge in [0.2, 0.25) is 0 Å². The molecule has 30 heavy (non-hydrogen) atoms.